The fraction of sp³-hybridized carbons (Fsp3) is 0.364. The van der Waals surface area contributed by atoms with Gasteiger partial charge in [-0.15, -0.1) is 0 Å². The predicted octanol–water partition coefficient (Wildman–Crippen LogP) is 3.75. The summed E-state index contributed by atoms with van der Waals surface area (Å²) in [5, 5.41) is 6.89. The molecule has 0 saturated heterocycles. The molecule has 0 amide bonds. The highest BCUT2D eigenvalue weighted by atomic mass is 16.1. The monoisotopic (exact) mass is 352 g/mol. The van der Waals surface area contributed by atoms with Crippen LogP contribution in [-0.2, 0) is 13.1 Å². The Morgan fingerprint density at radius 3 is 1.31 bits per heavy atom. The lowest BCUT2D eigenvalue weighted by molar-refractivity contribution is 0.111. The molecule has 0 unspecified atom stereocenters. The quantitative estimate of drug-likeness (QED) is 0.426. The molecular formula is C22H28N2O2. The lowest BCUT2D eigenvalue weighted by atomic mass is 10.1. The number of aldehydes is 2. The molecule has 4 nitrogen and oxygen atoms in total. The van der Waals surface area contributed by atoms with Gasteiger partial charge in [0.05, 0.1) is 0 Å². The zero-order valence-corrected chi connectivity index (χ0v) is 15.2. The van der Waals surface area contributed by atoms with E-state index in [0.717, 1.165) is 49.9 Å². The first-order valence-electron chi connectivity index (χ1n) is 9.31. The molecule has 0 spiro atoms. The molecule has 138 valence electrons. The first-order chi connectivity index (χ1) is 12.8. The normalized spacial score (nSPS) is 10.6. The summed E-state index contributed by atoms with van der Waals surface area (Å²) in [4.78, 5) is 21.2. The van der Waals surface area contributed by atoms with E-state index in [2.05, 4.69) is 10.6 Å². The van der Waals surface area contributed by atoms with Crippen LogP contribution in [0.15, 0.2) is 48.5 Å². The maximum absolute atomic E-state index is 10.6. The number of carbonyl (C=O) groups is 2. The van der Waals surface area contributed by atoms with Crippen molar-refractivity contribution in [3.05, 3.63) is 70.8 Å². The molecule has 0 aliphatic heterocycles. The first-order valence-corrected chi connectivity index (χ1v) is 9.31. The van der Waals surface area contributed by atoms with Crippen molar-refractivity contribution in [2.45, 2.75) is 38.8 Å². The predicted molar refractivity (Wildman–Crippen MR) is 106 cm³/mol. The number of unbranched alkanes of at least 4 members (excludes halogenated alkanes) is 3. The topological polar surface area (TPSA) is 58.2 Å². The van der Waals surface area contributed by atoms with Gasteiger partial charge in [-0.1, -0.05) is 61.4 Å². The van der Waals surface area contributed by atoms with Gasteiger partial charge in [0.25, 0.3) is 0 Å². The van der Waals surface area contributed by atoms with Gasteiger partial charge in [-0.3, -0.25) is 9.59 Å². The van der Waals surface area contributed by atoms with E-state index in [-0.39, 0.29) is 0 Å². The second-order valence-electron chi connectivity index (χ2n) is 6.49. The Hall–Kier alpha value is -2.30. The number of hydrogen-bond donors (Lipinski definition) is 2. The van der Waals surface area contributed by atoms with Crippen LogP contribution in [-0.4, -0.2) is 25.7 Å². The summed E-state index contributed by atoms with van der Waals surface area (Å²) in [5.74, 6) is 0. The molecule has 0 fully saturated rings. The van der Waals surface area contributed by atoms with Gasteiger partial charge in [-0.05, 0) is 37.1 Å². The molecule has 0 atom stereocenters. The summed E-state index contributed by atoms with van der Waals surface area (Å²) in [5.41, 5.74) is 3.86. The van der Waals surface area contributed by atoms with Crippen molar-refractivity contribution in [1.29, 1.82) is 0 Å². The minimum atomic E-state index is 0.723. The summed E-state index contributed by atoms with van der Waals surface area (Å²) in [6.45, 7) is 3.74. The molecule has 0 bridgehead atoms. The highest BCUT2D eigenvalue weighted by molar-refractivity contribution is 5.75. The van der Waals surface area contributed by atoms with Gasteiger partial charge in [-0.2, -0.15) is 0 Å². The van der Waals surface area contributed by atoms with Crippen LogP contribution in [0.25, 0.3) is 0 Å². The summed E-state index contributed by atoms with van der Waals surface area (Å²) in [6, 6.07) is 15.4. The van der Waals surface area contributed by atoms with Gasteiger partial charge < -0.3 is 10.6 Å². The van der Waals surface area contributed by atoms with Crippen molar-refractivity contribution in [3.8, 4) is 0 Å². The Balaban J connectivity index is 1.42. The lowest BCUT2D eigenvalue weighted by Gasteiger charge is -2.07. The third-order valence-electron chi connectivity index (χ3n) is 4.35. The summed E-state index contributed by atoms with van der Waals surface area (Å²) in [6.07, 6.45) is 6.56. The summed E-state index contributed by atoms with van der Waals surface area (Å²) >= 11 is 0. The lowest BCUT2D eigenvalue weighted by Crippen LogP contribution is -2.16. The van der Waals surface area contributed by atoms with E-state index in [4.69, 9.17) is 0 Å². The van der Waals surface area contributed by atoms with E-state index in [1.54, 1.807) is 0 Å². The average molecular weight is 352 g/mol. The van der Waals surface area contributed by atoms with Crippen LogP contribution in [0.3, 0.4) is 0 Å². The zero-order chi connectivity index (χ0) is 18.5. The minimum absolute atomic E-state index is 0.723. The summed E-state index contributed by atoms with van der Waals surface area (Å²) in [7, 11) is 0. The van der Waals surface area contributed by atoms with E-state index in [9.17, 15) is 9.59 Å². The number of nitrogens with one attached hydrogen (secondary N) is 2. The molecule has 2 aromatic carbocycles. The Kier molecular flexibility index (Phi) is 9.33. The van der Waals surface area contributed by atoms with Crippen molar-refractivity contribution in [2.75, 3.05) is 13.1 Å². The van der Waals surface area contributed by atoms with Crippen molar-refractivity contribution < 1.29 is 9.59 Å². The number of carbonyl (C=O) groups excluding carboxylic acids is 2. The molecule has 4 heteroatoms. The Labute approximate surface area is 156 Å². The molecule has 0 aromatic heterocycles. The van der Waals surface area contributed by atoms with Crippen molar-refractivity contribution in [1.82, 2.24) is 10.6 Å². The molecular weight excluding hydrogens is 324 g/mol. The second-order valence-corrected chi connectivity index (χ2v) is 6.49. The first kappa shape index (κ1) is 20.0. The largest absolute Gasteiger partial charge is 0.313 e. The maximum Gasteiger partial charge on any atom is 0.150 e. The standard InChI is InChI=1S/C22H28N2O2/c25-17-21-9-5-19(6-10-21)15-23-13-3-1-2-4-14-24-16-20-7-11-22(18-26)12-8-20/h5-12,17-18,23-24H,1-4,13-16H2. The van der Waals surface area contributed by atoms with Gasteiger partial charge >= 0.3 is 0 Å². The number of hydrogen-bond acceptors (Lipinski definition) is 4. The molecule has 2 aromatic rings. The van der Waals surface area contributed by atoms with Crippen LogP contribution in [0.4, 0.5) is 0 Å². The molecule has 26 heavy (non-hydrogen) atoms. The van der Waals surface area contributed by atoms with E-state index in [0.29, 0.717) is 0 Å². The van der Waals surface area contributed by atoms with Gasteiger partial charge in [0, 0.05) is 24.2 Å². The fourth-order valence-corrected chi connectivity index (χ4v) is 2.75. The average Bonchev–Trinajstić information content (AvgIpc) is 2.70. The molecule has 2 rings (SSSR count). The van der Waals surface area contributed by atoms with Crippen molar-refractivity contribution in [2.24, 2.45) is 0 Å². The second kappa shape index (κ2) is 12.1. The van der Waals surface area contributed by atoms with E-state index in [1.165, 1.54) is 36.8 Å². The van der Waals surface area contributed by atoms with Crippen LogP contribution in [0.2, 0.25) is 0 Å². The van der Waals surface area contributed by atoms with Crippen LogP contribution in [0, 0.1) is 0 Å². The van der Waals surface area contributed by atoms with E-state index < -0.39 is 0 Å². The Bertz CT molecular complexity index is 591. The van der Waals surface area contributed by atoms with Gasteiger partial charge in [0.2, 0.25) is 0 Å². The molecule has 0 aliphatic carbocycles. The SMILES string of the molecule is O=Cc1ccc(CNCCCCCCNCc2ccc(C=O)cc2)cc1. The molecule has 0 saturated carbocycles. The van der Waals surface area contributed by atoms with Crippen LogP contribution >= 0.6 is 0 Å². The smallest absolute Gasteiger partial charge is 0.150 e. The van der Waals surface area contributed by atoms with Gasteiger partial charge in [0.15, 0.2) is 0 Å². The van der Waals surface area contributed by atoms with E-state index >= 15 is 0 Å². The highest BCUT2D eigenvalue weighted by Gasteiger charge is 1.96. The minimum Gasteiger partial charge on any atom is -0.313 e. The fourth-order valence-electron chi connectivity index (χ4n) is 2.75. The van der Waals surface area contributed by atoms with Crippen LogP contribution in [0.5, 0.6) is 0 Å². The highest BCUT2D eigenvalue weighted by Crippen LogP contribution is 2.04. The maximum atomic E-state index is 10.6. The van der Waals surface area contributed by atoms with Crippen molar-refractivity contribution in [3.63, 3.8) is 0 Å². The number of rotatable bonds is 13. The molecule has 2 N–H and O–H groups in total. The third kappa shape index (κ3) is 7.72. The summed E-state index contributed by atoms with van der Waals surface area (Å²) < 4.78 is 0. The van der Waals surface area contributed by atoms with Crippen LogP contribution in [0.1, 0.15) is 57.5 Å². The Morgan fingerprint density at radius 2 is 0.962 bits per heavy atom. The number of benzene rings is 2. The van der Waals surface area contributed by atoms with E-state index in [1.807, 2.05) is 48.5 Å². The molecule has 0 aliphatic rings. The van der Waals surface area contributed by atoms with Gasteiger partial charge in [-0.25, -0.2) is 0 Å². The Morgan fingerprint density at radius 1 is 0.577 bits per heavy atom. The van der Waals surface area contributed by atoms with Gasteiger partial charge in [0.1, 0.15) is 12.6 Å². The third-order valence-corrected chi connectivity index (χ3v) is 4.35. The van der Waals surface area contributed by atoms with Crippen LogP contribution < -0.4 is 10.6 Å². The molecule has 0 radical (unpaired) electrons. The molecule has 0 heterocycles. The zero-order valence-electron chi connectivity index (χ0n) is 15.2. The van der Waals surface area contributed by atoms with Crippen molar-refractivity contribution >= 4 is 12.6 Å².